The molecule has 0 atom stereocenters. The van der Waals surface area contributed by atoms with Gasteiger partial charge in [0.2, 0.25) is 0 Å². The van der Waals surface area contributed by atoms with Gasteiger partial charge in [-0.3, -0.25) is 4.79 Å². The lowest BCUT2D eigenvalue weighted by Crippen LogP contribution is -2.09. The van der Waals surface area contributed by atoms with Crippen molar-refractivity contribution in [1.29, 1.82) is 0 Å². The molecule has 0 saturated carbocycles. The van der Waals surface area contributed by atoms with E-state index in [-0.39, 0.29) is 5.75 Å². The highest BCUT2D eigenvalue weighted by Gasteiger charge is 2.00. The van der Waals surface area contributed by atoms with E-state index < -0.39 is 5.56 Å². The second-order valence-corrected chi connectivity index (χ2v) is 3.30. The van der Waals surface area contributed by atoms with E-state index in [2.05, 4.69) is 18.8 Å². The van der Waals surface area contributed by atoms with Gasteiger partial charge in [0.25, 0.3) is 5.56 Å². The minimum Gasteiger partial charge on any atom is -0.503 e. The fraction of sp³-hybridized carbons (Fsp3) is 0.444. The Morgan fingerprint density at radius 1 is 1.50 bits per heavy atom. The van der Waals surface area contributed by atoms with Crippen LogP contribution in [0.5, 0.6) is 5.75 Å². The quantitative estimate of drug-likeness (QED) is 0.697. The minimum absolute atomic E-state index is 0.220. The lowest BCUT2D eigenvalue weighted by molar-refractivity contribution is 0.465. The van der Waals surface area contributed by atoms with E-state index in [1.165, 1.54) is 6.07 Å². The van der Waals surface area contributed by atoms with Gasteiger partial charge in [0.1, 0.15) is 0 Å². The molecule has 0 aromatic carbocycles. The summed E-state index contributed by atoms with van der Waals surface area (Å²) in [4.78, 5) is 13.5. The summed E-state index contributed by atoms with van der Waals surface area (Å²) < 4.78 is 0. The fourth-order valence-corrected chi connectivity index (χ4v) is 1.07. The molecule has 0 aliphatic carbocycles. The highest BCUT2D eigenvalue weighted by atomic mass is 16.3. The molecule has 1 rings (SSSR count). The Hall–Kier alpha value is -1.25. The van der Waals surface area contributed by atoms with E-state index >= 15 is 0 Å². The number of nitrogens with one attached hydrogen (secondary N) is 1. The third kappa shape index (κ3) is 2.12. The summed E-state index contributed by atoms with van der Waals surface area (Å²) in [5.41, 5.74) is 0.459. The fourth-order valence-electron chi connectivity index (χ4n) is 1.07. The first-order valence-electron chi connectivity index (χ1n) is 4.00. The molecule has 0 radical (unpaired) electrons. The average Bonchev–Trinajstić information content (AvgIpc) is 1.96. The number of H-pyrrole nitrogens is 1. The van der Waals surface area contributed by atoms with Crippen LogP contribution in [0.3, 0.4) is 0 Å². The van der Waals surface area contributed by atoms with Gasteiger partial charge in [0.15, 0.2) is 5.75 Å². The SMILES string of the molecule is CC(C)Cc1ccc(O)c(=O)[nH]1. The first-order chi connectivity index (χ1) is 5.59. The number of pyridine rings is 1. The van der Waals surface area contributed by atoms with Crippen molar-refractivity contribution in [2.45, 2.75) is 20.3 Å². The van der Waals surface area contributed by atoms with Gasteiger partial charge in [-0.1, -0.05) is 13.8 Å². The van der Waals surface area contributed by atoms with Crippen LogP contribution in [-0.4, -0.2) is 10.1 Å². The maximum atomic E-state index is 10.9. The summed E-state index contributed by atoms with van der Waals surface area (Å²) in [6.07, 6.45) is 0.829. The van der Waals surface area contributed by atoms with E-state index in [1.807, 2.05) is 0 Å². The Balaban J connectivity index is 2.90. The van der Waals surface area contributed by atoms with Crippen molar-refractivity contribution in [1.82, 2.24) is 4.98 Å². The molecule has 0 amide bonds. The number of hydrogen-bond acceptors (Lipinski definition) is 2. The van der Waals surface area contributed by atoms with Crippen LogP contribution in [0.1, 0.15) is 19.5 Å². The maximum Gasteiger partial charge on any atom is 0.290 e. The lowest BCUT2D eigenvalue weighted by atomic mass is 10.1. The van der Waals surface area contributed by atoms with Crippen LogP contribution in [0.15, 0.2) is 16.9 Å². The van der Waals surface area contributed by atoms with Gasteiger partial charge in [-0.15, -0.1) is 0 Å². The van der Waals surface area contributed by atoms with E-state index in [4.69, 9.17) is 5.11 Å². The van der Waals surface area contributed by atoms with Crippen molar-refractivity contribution < 1.29 is 5.11 Å². The molecule has 0 aliphatic rings. The second kappa shape index (κ2) is 3.43. The molecule has 0 fully saturated rings. The van der Waals surface area contributed by atoms with E-state index in [0.717, 1.165) is 12.1 Å². The van der Waals surface area contributed by atoms with E-state index in [1.54, 1.807) is 6.07 Å². The maximum absolute atomic E-state index is 10.9. The van der Waals surface area contributed by atoms with E-state index in [0.29, 0.717) is 5.92 Å². The van der Waals surface area contributed by atoms with Gasteiger partial charge >= 0.3 is 0 Å². The first-order valence-corrected chi connectivity index (χ1v) is 4.00. The van der Waals surface area contributed by atoms with Crippen LogP contribution in [0, 0.1) is 5.92 Å². The lowest BCUT2D eigenvalue weighted by Gasteiger charge is -2.03. The van der Waals surface area contributed by atoms with Gasteiger partial charge in [-0.2, -0.15) is 0 Å². The Kier molecular flexibility index (Phi) is 2.53. The van der Waals surface area contributed by atoms with Gasteiger partial charge in [0.05, 0.1) is 0 Å². The number of aromatic nitrogens is 1. The molecular weight excluding hydrogens is 154 g/mol. The Morgan fingerprint density at radius 2 is 2.17 bits per heavy atom. The van der Waals surface area contributed by atoms with Crippen molar-refractivity contribution in [3.63, 3.8) is 0 Å². The molecule has 66 valence electrons. The van der Waals surface area contributed by atoms with Gasteiger partial charge in [-0.05, 0) is 24.5 Å². The van der Waals surface area contributed by atoms with Gasteiger partial charge in [-0.25, -0.2) is 0 Å². The van der Waals surface area contributed by atoms with Gasteiger partial charge < -0.3 is 10.1 Å². The standard InChI is InChI=1S/C9H13NO2/c1-6(2)5-7-3-4-8(11)9(12)10-7/h3-4,6,11H,5H2,1-2H3,(H,10,12). The summed E-state index contributed by atoms with van der Waals surface area (Å²) in [7, 11) is 0. The predicted octanol–water partition coefficient (Wildman–Crippen LogP) is 1.28. The number of rotatable bonds is 2. The molecular formula is C9H13NO2. The third-order valence-electron chi connectivity index (χ3n) is 1.58. The largest absolute Gasteiger partial charge is 0.503 e. The molecule has 0 bridgehead atoms. The molecule has 3 nitrogen and oxygen atoms in total. The zero-order valence-corrected chi connectivity index (χ0v) is 7.29. The number of hydrogen-bond donors (Lipinski definition) is 2. The molecule has 2 N–H and O–H groups in total. The van der Waals surface area contributed by atoms with Crippen LogP contribution in [0.25, 0.3) is 0 Å². The molecule has 1 aromatic rings. The Morgan fingerprint density at radius 3 is 2.67 bits per heavy atom. The topological polar surface area (TPSA) is 53.1 Å². The molecule has 1 aromatic heterocycles. The van der Waals surface area contributed by atoms with Crippen molar-refractivity contribution in [2.24, 2.45) is 5.92 Å². The zero-order chi connectivity index (χ0) is 9.14. The van der Waals surface area contributed by atoms with Crippen molar-refractivity contribution in [3.05, 3.63) is 28.2 Å². The van der Waals surface area contributed by atoms with Crippen LogP contribution >= 0.6 is 0 Å². The first kappa shape index (κ1) is 8.84. The summed E-state index contributed by atoms with van der Waals surface area (Å²) in [5.74, 6) is 0.285. The molecule has 0 saturated heterocycles. The highest BCUT2D eigenvalue weighted by molar-refractivity contribution is 5.18. The van der Waals surface area contributed by atoms with Crippen LogP contribution < -0.4 is 5.56 Å². The summed E-state index contributed by atoms with van der Waals surface area (Å²) in [6, 6.07) is 3.16. The minimum atomic E-state index is -0.409. The third-order valence-corrected chi connectivity index (χ3v) is 1.58. The van der Waals surface area contributed by atoms with Crippen molar-refractivity contribution >= 4 is 0 Å². The van der Waals surface area contributed by atoms with Crippen molar-refractivity contribution in [3.8, 4) is 5.75 Å². The van der Waals surface area contributed by atoms with E-state index in [9.17, 15) is 4.79 Å². The molecule has 0 unspecified atom stereocenters. The Labute approximate surface area is 71.1 Å². The molecule has 1 heterocycles. The summed E-state index contributed by atoms with van der Waals surface area (Å²) in [5, 5.41) is 8.93. The predicted molar refractivity (Wildman–Crippen MR) is 47.3 cm³/mol. The van der Waals surface area contributed by atoms with Gasteiger partial charge in [0, 0.05) is 5.69 Å². The Bertz CT molecular complexity index is 315. The monoisotopic (exact) mass is 167 g/mol. The van der Waals surface area contributed by atoms with Crippen LogP contribution in [0.2, 0.25) is 0 Å². The smallest absolute Gasteiger partial charge is 0.290 e. The molecule has 0 spiro atoms. The normalized spacial score (nSPS) is 10.6. The van der Waals surface area contributed by atoms with Crippen LogP contribution in [0.4, 0.5) is 0 Å². The molecule has 12 heavy (non-hydrogen) atoms. The highest BCUT2D eigenvalue weighted by Crippen LogP contribution is 2.05. The average molecular weight is 167 g/mol. The number of aromatic hydroxyl groups is 1. The molecule has 3 heteroatoms. The molecule has 0 aliphatic heterocycles. The second-order valence-electron chi connectivity index (χ2n) is 3.30. The number of aromatic amines is 1. The van der Waals surface area contributed by atoms with Crippen LogP contribution in [-0.2, 0) is 6.42 Å². The van der Waals surface area contributed by atoms with Crippen molar-refractivity contribution in [2.75, 3.05) is 0 Å². The summed E-state index contributed by atoms with van der Waals surface area (Å²) in [6.45, 7) is 4.15. The zero-order valence-electron chi connectivity index (χ0n) is 7.29. The summed E-state index contributed by atoms with van der Waals surface area (Å²) >= 11 is 0.